The van der Waals surface area contributed by atoms with Crippen molar-refractivity contribution >= 4 is 18.2 Å². The predicted molar refractivity (Wildman–Crippen MR) is 76.8 cm³/mol. The maximum absolute atomic E-state index is 12.1. The molecule has 5 heteroatoms. The molecule has 2 aromatic rings. The van der Waals surface area contributed by atoms with Crippen LogP contribution in [0, 0.1) is 0 Å². The average Bonchev–Trinajstić information content (AvgIpc) is 2.55. The molecule has 0 aromatic heterocycles. The molecular formula is C17H12O5. The lowest BCUT2D eigenvalue weighted by atomic mass is 9.99. The van der Waals surface area contributed by atoms with Crippen LogP contribution in [-0.2, 0) is 16.0 Å². The Morgan fingerprint density at radius 3 is 2.59 bits per heavy atom. The Hall–Kier alpha value is -2.95. The van der Waals surface area contributed by atoms with Crippen LogP contribution < -0.4 is 4.74 Å². The number of cyclic esters (lactones) is 1. The van der Waals surface area contributed by atoms with Gasteiger partial charge in [-0.05, 0) is 35.9 Å². The Balaban J connectivity index is 1.73. The van der Waals surface area contributed by atoms with Crippen molar-refractivity contribution in [1.29, 1.82) is 0 Å². The van der Waals surface area contributed by atoms with Gasteiger partial charge in [0.05, 0.1) is 5.56 Å². The van der Waals surface area contributed by atoms with Crippen molar-refractivity contribution in [3.8, 4) is 5.75 Å². The number of rotatable bonds is 3. The monoisotopic (exact) mass is 296 g/mol. The van der Waals surface area contributed by atoms with Gasteiger partial charge in [-0.2, -0.15) is 0 Å². The van der Waals surface area contributed by atoms with E-state index < -0.39 is 18.0 Å². The summed E-state index contributed by atoms with van der Waals surface area (Å²) in [5, 5.41) is 0. The molecule has 0 saturated heterocycles. The minimum absolute atomic E-state index is 0.285. The molecule has 110 valence electrons. The molecule has 0 saturated carbocycles. The number of benzene rings is 2. The van der Waals surface area contributed by atoms with Crippen LogP contribution in [-0.4, -0.2) is 24.3 Å². The molecule has 0 radical (unpaired) electrons. The van der Waals surface area contributed by atoms with E-state index in [4.69, 9.17) is 9.47 Å². The second-order valence-corrected chi connectivity index (χ2v) is 4.86. The fourth-order valence-corrected chi connectivity index (χ4v) is 2.26. The van der Waals surface area contributed by atoms with Crippen LogP contribution in [0.3, 0.4) is 0 Å². The summed E-state index contributed by atoms with van der Waals surface area (Å²) in [5.41, 5.74) is 1.72. The van der Waals surface area contributed by atoms with Gasteiger partial charge in [-0.25, -0.2) is 9.59 Å². The summed E-state index contributed by atoms with van der Waals surface area (Å²) in [6.45, 7) is 0. The number of carbonyl (C=O) groups is 3. The van der Waals surface area contributed by atoms with Crippen molar-refractivity contribution in [2.75, 3.05) is 0 Å². The second-order valence-electron chi connectivity index (χ2n) is 4.86. The summed E-state index contributed by atoms with van der Waals surface area (Å²) in [5.74, 6) is -0.868. The normalized spacial score (nSPS) is 16.4. The van der Waals surface area contributed by atoms with Crippen molar-refractivity contribution in [2.45, 2.75) is 12.5 Å². The van der Waals surface area contributed by atoms with Crippen LogP contribution in [0.5, 0.6) is 5.75 Å². The van der Waals surface area contributed by atoms with Gasteiger partial charge in [-0.1, -0.05) is 18.2 Å². The molecule has 0 bridgehead atoms. The molecule has 1 unspecified atom stereocenters. The topological polar surface area (TPSA) is 69.7 Å². The third-order valence-electron chi connectivity index (χ3n) is 3.39. The molecule has 0 amide bonds. The summed E-state index contributed by atoms with van der Waals surface area (Å²) < 4.78 is 10.3. The number of hydrogen-bond acceptors (Lipinski definition) is 5. The predicted octanol–water partition coefficient (Wildman–Crippen LogP) is 2.19. The van der Waals surface area contributed by atoms with Crippen molar-refractivity contribution in [3.63, 3.8) is 0 Å². The third kappa shape index (κ3) is 2.74. The van der Waals surface area contributed by atoms with Crippen molar-refractivity contribution in [3.05, 3.63) is 65.2 Å². The number of esters is 2. The van der Waals surface area contributed by atoms with Crippen LogP contribution in [0.25, 0.3) is 0 Å². The van der Waals surface area contributed by atoms with Gasteiger partial charge in [0, 0.05) is 12.0 Å². The first kappa shape index (κ1) is 14.0. The molecule has 0 aliphatic carbocycles. The standard InChI is InChI=1S/C17H12O5/c18-10-11-5-7-13(8-6-11)21-17(20)15-9-12-3-1-2-4-14(12)16(19)22-15/h1-8,10,15H,9H2. The SMILES string of the molecule is O=Cc1ccc(OC(=O)C2Cc3ccccc3C(=O)O2)cc1. The van der Waals surface area contributed by atoms with E-state index in [1.165, 1.54) is 24.3 Å². The first-order valence-corrected chi connectivity index (χ1v) is 6.73. The van der Waals surface area contributed by atoms with Gasteiger partial charge in [0.15, 0.2) is 0 Å². The van der Waals surface area contributed by atoms with Gasteiger partial charge in [-0.3, -0.25) is 4.79 Å². The number of carbonyl (C=O) groups excluding carboxylic acids is 3. The van der Waals surface area contributed by atoms with E-state index in [1.54, 1.807) is 24.3 Å². The zero-order chi connectivity index (χ0) is 15.5. The number of ether oxygens (including phenoxy) is 2. The molecule has 1 aliphatic rings. The lowest BCUT2D eigenvalue weighted by molar-refractivity contribution is -0.144. The highest BCUT2D eigenvalue weighted by atomic mass is 16.6. The molecule has 5 nitrogen and oxygen atoms in total. The molecule has 2 aromatic carbocycles. The Kier molecular flexibility index (Phi) is 3.70. The number of aldehydes is 1. The van der Waals surface area contributed by atoms with Gasteiger partial charge in [-0.15, -0.1) is 0 Å². The molecule has 0 N–H and O–H groups in total. The van der Waals surface area contributed by atoms with Crippen LogP contribution in [0.4, 0.5) is 0 Å². The van der Waals surface area contributed by atoms with E-state index in [1.807, 2.05) is 0 Å². The van der Waals surface area contributed by atoms with Gasteiger partial charge >= 0.3 is 11.9 Å². The number of fused-ring (bicyclic) bond motifs is 1. The van der Waals surface area contributed by atoms with E-state index in [0.717, 1.165) is 5.56 Å². The van der Waals surface area contributed by atoms with E-state index in [2.05, 4.69) is 0 Å². The minimum Gasteiger partial charge on any atom is -0.446 e. The summed E-state index contributed by atoms with van der Waals surface area (Å²) in [6.07, 6.45) is 0.0201. The molecule has 1 aliphatic heterocycles. The molecular weight excluding hydrogens is 284 g/mol. The molecule has 0 fully saturated rings. The van der Waals surface area contributed by atoms with Crippen LogP contribution >= 0.6 is 0 Å². The Bertz CT molecular complexity index is 733. The maximum Gasteiger partial charge on any atom is 0.353 e. The van der Waals surface area contributed by atoms with Crippen molar-refractivity contribution in [2.24, 2.45) is 0 Å². The highest BCUT2D eigenvalue weighted by Gasteiger charge is 2.32. The average molecular weight is 296 g/mol. The largest absolute Gasteiger partial charge is 0.446 e. The quantitative estimate of drug-likeness (QED) is 0.493. The molecule has 0 spiro atoms. The van der Waals surface area contributed by atoms with E-state index in [-0.39, 0.29) is 6.42 Å². The summed E-state index contributed by atoms with van der Waals surface area (Å²) in [6, 6.07) is 13.1. The summed E-state index contributed by atoms with van der Waals surface area (Å²) >= 11 is 0. The first-order valence-electron chi connectivity index (χ1n) is 6.73. The lowest BCUT2D eigenvalue weighted by Gasteiger charge is -2.22. The lowest BCUT2D eigenvalue weighted by Crippen LogP contribution is -2.36. The minimum atomic E-state index is -0.965. The fraction of sp³-hybridized carbons (Fsp3) is 0.118. The molecule has 1 heterocycles. The van der Waals surface area contributed by atoms with E-state index in [9.17, 15) is 14.4 Å². The van der Waals surface area contributed by atoms with Crippen LogP contribution in [0.1, 0.15) is 26.3 Å². The smallest absolute Gasteiger partial charge is 0.353 e. The zero-order valence-corrected chi connectivity index (χ0v) is 11.5. The molecule has 1 atom stereocenters. The second kappa shape index (κ2) is 5.81. The van der Waals surface area contributed by atoms with Gasteiger partial charge < -0.3 is 9.47 Å². The van der Waals surface area contributed by atoms with Crippen LogP contribution in [0.2, 0.25) is 0 Å². The van der Waals surface area contributed by atoms with Crippen LogP contribution in [0.15, 0.2) is 48.5 Å². The van der Waals surface area contributed by atoms with E-state index in [0.29, 0.717) is 23.2 Å². The van der Waals surface area contributed by atoms with Gasteiger partial charge in [0.2, 0.25) is 6.10 Å². The van der Waals surface area contributed by atoms with Gasteiger partial charge in [0.1, 0.15) is 12.0 Å². The Morgan fingerprint density at radius 2 is 1.86 bits per heavy atom. The first-order chi connectivity index (χ1) is 10.7. The highest BCUT2D eigenvalue weighted by Crippen LogP contribution is 2.22. The van der Waals surface area contributed by atoms with Crippen molar-refractivity contribution in [1.82, 2.24) is 0 Å². The third-order valence-corrected chi connectivity index (χ3v) is 3.39. The van der Waals surface area contributed by atoms with E-state index >= 15 is 0 Å². The highest BCUT2D eigenvalue weighted by molar-refractivity contribution is 5.95. The fourth-order valence-electron chi connectivity index (χ4n) is 2.26. The number of hydrogen-bond donors (Lipinski definition) is 0. The Morgan fingerprint density at radius 1 is 1.14 bits per heavy atom. The summed E-state index contributed by atoms with van der Waals surface area (Å²) in [4.78, 5) is 34.6. The molecule has 22 heavy (non-hydrogen) atoms. The van der Waals surface area contributed by atoms with Gasteiger partial charge in [0.25, 0.3) is 0 Å². The zero-order valence-electron chi connectivity index (χ0n) is 11.5. The Labute approximate surface area is 126 Å². The van der Waals surface area contributed by atoms with Crippen molar-refractivity contribution < 1.29 is 23.9 Å². The maximum atomic E-state index is 12.1. The summed E-state index contributed by atoms with van der Waals surface area (Å²) in [7, 11) is 0. The molecule has 3 rings (SSSR count).